The number of anilines is 4. The van der Waals surface area contributed by atoms with E-state index in [1.165, 1.54) is 41.2 Å². The van der Waals surface area contributed by atoms with Crippen molar-refractivity contribution in [3.8, 4) is 22.7 Å². The molecule has 8 heterocycles. The van der Waals surface area contributed by atoms with Gasteiger partial charge in [-0.15, -0.1) is 0 Å². The number of hydrogen-bond acceptors (Lipinski definition) is 15. The van der Waals surface area contributed by atoms with Crippen molar-refractivity contribution in [3.05, 3.63) is 318 Å². The topological polar surface area (TPSA) is 313 Å². The molecule has 8 aromatic carbocycles. The summed E-state index contributed by atoms with van der Waals surface area (Å²) in [5.41, 5.74) is 9.03. The van der Waals surface area contributed by atoms with E-state index in [0.29, 0.717) is 44.0 Å². The fourth-order valence-electron chi connectivity index (χ4n) is 13.8. The molecule has 0 spiro atoms. The molecular formula is C94H99F4N16O9S4+. The molecule has 16 rings (SSSR count). The van der Waals surface area contributed by atoms with Crippen molar-refractivity contribution in [2.45, 2.75) is 158 Å². The van der Waals surface area contributed by atoms with Crippen molar-refractivity contribution in [2.75, 3.05) is 18.9 Å². The van der Waals surface area contributed by atoms with Crippen LogP contribution in [0.4, 0.5) is 40.8 Å². The van der Waals surface area contributed by atoms with Crippen LogP contribution in [0, 0.1) is 19.1 Å². The van der Waals surface area contributed by atoms with Crippen molar-refractivity contribution in [2.24, 2.45) is 7.05 Å². The first-order valence-corrected chi connectivity index (χ1v) is 45.8. The Bertz CT molecular complexity index is 7200. The molecule has 660 valence electrons. The molecule has 0 fully saturated rings. The minimum atomic E-state index is -4.10. The number of nitrogens with zero attached hydrogens (tertiary/aromatic N) is 12. The Morgan fingerprint density at radius 1 is 0.339 bits per heavy atom. The second-order valence-corrected chi connectivity index (χ2v) is 40.8. The SMILES string of the molecule is C.CC(C)(C)c1ccc(S(=O)(=O)Nc2cc(C(F)F)nn2-c2cccc3c2ccc[n+]3[O-])cc1.CC(C)(C)c1ccc(S(=O)(=O)Nc2cc(C(F)F)nn2-c2cccc3ncccc23)cc1.Cc1cc(NS(=O)(=O)c2ccc(C(C)(C)C)cc2)n(-c2cccc3c2ccc[n+]3C)n1.Cc1cc(NS(=O)(=O)c2ccc(C(C)(C)C)cc2)n(-c2cccc3ncccc23)n1. The molecule has 0 unspecified atom stereocenters. The third kappa shape index (κ3) is 21.0. The van der Waals surface area contributed by atoms with E-state index in [0.717, 1.165) is 77.9 Å². The van der Waals surface area contributed by atoms with Gasteiger partial charge in [0, 0.05) is 71.7 Å². The van der Waals surface area contributed by atoms with Gasteiger partial charge in [0.15, 0.2) is 12.4 Å². The van der Waals surface area contributed by atoms with Gasteiger partial charge in [0.2, 0.25) is 11.0 Å². The minimum Gasteiger partial charge on any atom is -0.618 e. The number of rotatable bonds is 18. The zero-order valence-electron chi connectivity index (χ0n) is 71.7. The Balaban J connectivity index is 0.000000153. The second-order valence-electron chi connectivity index (χ2n) is 34.1. The fourth-order valence-corrected chi connectivity index (χ4v) is 18.0. The molecule has 16 aromatic rings. The van der Waals surface area contributed by atoms with Crippen LogP contribution in [0.1, 0.15) is 148 Å². The van der Waals surface area contributed by atoms with Crippen LogP contribution in [0.25, 0.3) is 66.4 Å². The van der Waals surface area contributed by atoms with E-state index in [1.807, 2.05) is 158 Å². The first kappa shape index (κ1) is 92.9. The van der Waals surface area contributed by atoms with Crippen LogP contribution in [0.2, 0.25) is 0 Å². The van der Waals surface area contributed by atoms with Gasteiger partial charge in [-0.2, -0.15) is 25.1 Å². The van der Waals surface area contributed by atoms with Crippen molar-refractivity contribution >= 4 is 107 Å². The molecule has 0 aliphatic heterocycles. The normalized spacial score (nSPS) is 12.3. The lowest BCUT2D eigenvalue weighted by molar-refractivity contribution is -0.644. The Morgan fingerprint density at radius 3 is 0.937 bits per heavy atom. The number of hydrogen-bond donors (Lipinski definition) is 4. The van der Waals surface area contributed by atoms with E-state index in [-0.39, 0.29) is 71.5 Å². The van der Waals surface area contributed by atoms with E-state index in [1.54, 1.807) is 137 Å². The van der Waals surface area contributed by atoms with Gasteiger partial charge in [0.25, 0.3) is 52.9 Å². The highest BCUT2D eigenvalue weighted by atomic mass is 32.2. The highest BCUT2D eigenvalue weighted by molar-refractivity contribution is 7.93. The Hall–Kier alpha value is -13.2. The van der Waals surface area contributed by atoms with Crippen molar-refractivity contribution < 1.29 is 60.5 Å². The molecule has 0 bridgehead atoms. The summed E-state index contributed by atoms with van der Waals surface area (Å²) in [6.07, 6.45) is 0.852. The second kappa shape index (κ2) is 36.4. The first-order chi connectivity index (χ1) is 59.2. The molecule has 127 heavy (non-hydrogen) atoms. The molecule has 4 N–H and O–H groups in total. The molecule has 0 radical (unpaired) electrons. The molecule has 25 nitrogen and oxygen atoms in total. The predicted octanol–water partition coefficient (Wildman–Crippen LogP) is 19.9. The molecule has 33 heteroatoms. The molecule has 0 aliphatic rings. The van der Waals surface area contributed by atoms with Crippen molar-refractivity contribution in [1.29, 1.82) is 0 Å². The van der Waals surface area contributed by atoms with E-state index in [4.69, 9.17) is 0 Å². The zero-order valence-corrected chi connectivity index (χ0v) is 75.0. The summed E-state index contributed by atoms with van der Waals surface area (Å²) in [7, 11) is -13.7. The Kier molecular flexibility index (Phi) is 26.6. The standard InChI is InChI=1S/C24H27N4O2S.C23H22F2N4O3S.C23H22F2N4O2S.C23H24N4O2S.CH4/c1-17-16-23(26-31(29,30)19-13-11-18(12-14-19)24(2,3)4)28(25-17)22-10-6-9-21-20(22)8-7-15-27(21)5;1-23(2,3)15-9-11-16(12-10-15)33(31,32)27-21-14-18(22(24)25)26-29(21)20-8-4-7-19-17(20)6-5-13-28(19)30;1-23(2,3)15-9-11-16(12-10-15)32(30,31)28-21-14-19(22(24)25)27-29(21)20-8-4-7-18-17(20)6-5-13-26-18;1-16-15-22(26-30(28,29)18-12-10-17(11-13-18)23(2,3)4)27(25-16)21-9-5-8-20-19(21)7-6-14-24-20;/h6-16,26H,1-5H3;4-14,22,27H,1-3H3;4-14,22,28H,1-3H3;5-15,26H,1-4H3;1H4/q+1;;;;. The average Bonchev–Trinajstić information content (AvgIpc) is 1.65. The van der Waals surface area contributed by atoms with Crippen LogP contribution in [-0.4, -0.2) is 82.8 Å². The predicted molar refractivity (Wildman–Crippen MR) is 490 cm³/mol. The number of sulfonamides is 4. The largest absolute Gasteiger partial charge is 0.618 e. The number of fused-ring (bicyclic) bond motifs is 4. The maximum Gasteiger partial charge on any atom is 0.282 e. The molecule has 0 aliphatic carbocycles. The van der Waals surface area contributed by atoms with Crippen molar-refractivity contribution in [1.82, 2.24) is 49.1 Å². The highest BCUT2D eigenvalue weighted by Crippen LogP contribution is 2.36. The van der Waals surface area contributed by atoms with Crippen LogP contribution in [0.5, 0.6) is 0 Å². The maximum atomic E-state index is 13.5. The molecule has 0 saturated heterocycles. The summed E-state index contributed by atoms with van der Waals surface area (Å²) in [6, 6.07) is 68.2. The number of pyridine rings is 4. The van der Waals surface area contributed by atoms with Crippen LogP contribution in [0.15, 0.2) is 287 Å². The maximum absolute atomic E-state index is 13.5. The summed E-state index contributed by atoms with van der Waals surface area (Å²) >= 11 is 0. The summed E-state index contributed by atoms with van der Waals surface area (Å²) in [4.78, 5) is 9.07. The van der Waals surface area contributed by atoms with Gasteiger partial charge in [-0.05, 0) is 179 Å². The van der Waals surface area contributed by atoms with Gasteiger partial charge in [-0.25, -0.2) is 74.5 Å². The number of benzene rings is 8. The monoisotopic (exact) mass is 1800 g/mol. The van der Waals surface area contributed by atoms with E-state index in [9.17, 15) is 56.4 Å². The third-order valence-corrected chi connectivity index (χ3v) is 26.1. The number of halogens is 4. The van der Waals surface area contributed by atoms with Gasteiger partial charge in [-0.1, -0.05) is 163 Å². The number of aryl methyl sites for hydroxylation is 3. The molecule has 8 aromatic heterocycles. The molecule has 0 atom stereocenters. The fraction of sp³-hybridized carbons (Fsp3) is 0.234. The number of aromatic nitrogens is 12. The summed E-state index contributed by atoms with van der Waals surface area (Å²) in [5, 5.41) is 32.0. The lowest BCUT2D eigenvalue weighted by Gasteiger charge is -2.19. The molecule has 0 amide bonds. The van der Waals surface area contributed by atoms with Crippen molar-refractivity contribution in [3.63, 3.8) is 0 Å². The molecule has 0 saturated carbocycles. The lowest BCUT2D eigenvalue weighted by Crippen LogP contribution is -2.28. The zero-order chi connectivity index (χ0) is 91.0. The van der Waals surface area contributed by atoms with E-state index < -0.39 is 64.3 Å². The average molecular weight is 1800 g/mol. The summed E-state index contributed by atoms with van der Waals surface area (Å²) in [5.74, 6) is 0.524. The van der Waals surface area contributed by atoms with Crippen LogP contribution in [0.3, 0.4) is 0 Å². The van der Waals surface area contributed by atoms with Crippen LogP contribution >= 0.6 is 0 Å². The van der Waals surface area contributed by atoms with E-state index in [2.05, 4.69) is 90.8 Å². The van der Waals surface area contributed by atoms with Gasteiger partial charge in [0.05, 0.1) is 75.5 Å². The van der Waals surface area contributed by atoms with E-state index >= 15 is 0 Å². The smallest absolute Gasteiger partial charge is 0.282 e. The first-order valence-electron chi connectivity index (χ1n) is 39.8. The van der Waals surface area contributed by atoms with Gasteiger partial charge >= 0.3 is 0 Å². The van der Waals surface area contributed by atoms with Crippen LogP contribution < -0.4 is 28.2 Å². The summed E-state index contributed by atoms with van der Waals surface area (Å²) < 4.78 is 177. The number of nitrogens with one attached hydrogen (secondary N) is 4. The Labute approximate surface area is 736 Å². The Morgan fingerprint density at radius 2 is 0.614 bits per heavy atom. The quantitative estimate of drug-likeness (QED) is 0.0352. The van der Waals surface area contributed by atoms with Crippen LogP contribution in [-0.2, 0) is 68.8 Å². The van der Waals surface area contributed by atoms with Gasteiger partial charge in [0.1, 0.15) is 41.7 Å². The number of alkyl halides is 4. The van der Waals surface area contributed by atoms with Gasteiger partial charge < -0.3 is 5.21 Å². The minimum absolute atomic E-state index is 0. The highest BCUT2D eigenvalue weighted by Gasteiger charge is 2.30. The summed E-state index contributed by atoms with van der Waals surface area (Å²) in [6.45, 7) is 28.3. The van der Waals surface area contributed by atoms with Gasteiger partial charge in [-0.3, -0.25) is 28.9 Å². The lowest BCUT2D eigenvalue weighted by atomic mass is 9.87. The third-order valence-electron chi connectivity index (χ3n) is 20.6. The molecular weight excluding hydrogens is 1700 g/mol.